The summed E-state index contributed by atoms with van der Waals surface area (Å²) in [6, 6.07) is 5.53. The maximum Gasteiger partial charge on any atom is 0.318 e. The van der Waals surface area contributed by atoms with Gasteiger partial charge < -0.3 is 10.8 Å². The summed E-state index contributed by atoms with van der Waals surface area (Å²) in [5.74, 6) is -1.88. The number of amides is 1. The summed E-state index contributed by atoms with van der Waals surface area (Å²) in [5.41, 5.74) is 5.51. The molecule has 0 aliphatic carbocycles. The summed E-state index contributed by atoms with van der Waals surface area (Å²) < 4.78 is 25.2. The van der Waals surface area contributed by atoms with Gasteiger partial charge in [0.2, 0.25) is 15.9 Å². The molecule has 1 aromatic rings. The molecule has 1 aromatic carbocycles. The van der Waals surface area contributed by atoms with E-state index < -0.39 is 28.4 Å². The molecule has 102 valence electrons. The lowest BCUT2D eigenvalue weighted by atomic mass is 10.2. The van der Waals surface area contributed by atoms with Crippen LogP contribution in [0.4, 0.5) is 0 Å². The summed E-state index contributed by atoms with van der Waals surface area (Å²) in [6.45, 7) is -0.689. The van der Waals surface area contributed by atoms with Crippen LogP contribution in [0.5, 0.6) is 0 Å². The van der Waals surface area contributed by atoms with Gasteiger partial charge in [0.15, 0.2) is 0 Å². The van der Waals surface area contributed by atoms with Crippen LogP contribution in [0.25, 0.3) is 6.08 Å². The maximum absolute atomic E-state index is 11.6. The number of carboxylic acids is 1. The second kappa shape index (κ2) is 6.12. The highest BCUT2D eigenvalue weighted by atomic mass is 32.2. The molecule has 0 heterocycles. The van der Waals surface area contributed by atoms with Crippen LogP contribution in [0.15, 0.2) is 35.2 Å². The van der Waals surface area contributed by atoms with Crippen molar-refractivity contribution in [2.45, 2.75) is 4.90 Å². The number of sulfonamides is 1. The Labute approximate surface area is 109 Å². The highest BCUT2D eigenvalue weighted by Gasteiger charge is 2.14. The predicted octanol–water partition coefficient (Wildman–Crippen LogP) is -0.452. The van der Waals surface area contributed by atoms with Crippen molar-refractivity contribution >= 4 is 28.0 Å². The van der Waals surface area contributed by atoms with Gasteiger partial charge >= 0.3 is 5.97 Å². The molecule has 0 saturated heterocycles. The average Bonchev–Trinajstić information content (AvgIpc) is 2.34. The van der Waals surface area contributed by atoms with Crippen LogP contribution >= 0.6 is 0 Å². The third-order valence-corrected chi connectivity index (χ3v) is 3.46. The number of carbonyl (C=O) groups excluding carboxylic acids is 1. The molecule has 19 heavy (non-hydrogen) atoms. The van der Waals surface area contributed by atoms with E-state index in [2.05, 4.69) is 0 Å². The molecule has 0 atom stereocenters. The minimum atomic E-state index is -3.85. The van der Waals surface area contributed by atoms with Crippen molar-refractivity contribution in [3.05, 3.63) is 35.9 Å². The highest BCUT2D eigenvalue weighted by Crippen LogP contribution is 2.11. The maximum atomic E-state index is 11.6. The average molecular weight is 284 g/mol. The molecule has 4 N–H and O–H groups in total. The summed E-state index contributed by atoms with van der Waals surface area (Å²) in [6.07, 6.45) is 2.58. The number of benzene rings is 1. The fourth-order valence-corrected chi connectivity index (χ4v) is 2.15. The van der Waals surface area contributed by atoms with E-state index in [-0.39, 0.29) is 4.90 Å². The topological polar surface area (TPSA) is 127 Å². The number of nitrogens with two attached hydrogens (primary N) is 1. The summed E-state index contributed by atoms with van der Waals surface area (Å²) in [5, 5.41) is 8.41. The van der Waals surface area contributed by atoms with Crippen LogP contribution in [-0.4, -0.2) is 31.9 Å². The second-order valence-electron chi connectivity index (χ2n) is 3.52. The third kappa shape index (κ3) is 4.90. The van der Waals surface area contributed by atoms with E-state index >= 15 is 0 Å². The van der Waals surface area contributed by atoms with E-state index in [1.165, 1.54) is 30.3 Å². The van der Waals surface area contributed by atoms with Crippen LogP contribution in [0.3, 0.4) is 0 Å². The standard InChI is InChI=1S/C11H12N2O5S/c12-10(14)6-3-8-1-4-9(5-2-8)19(17,18)13-7-11(15)16/h1-6,13H,7H2,(H2,12,14)(H,15,16). The van der Waals surface area contributed by atoms with Gasteiger partial charge in [-0.25, -0.2) is 8.42 Å². The molecule has 0 spiro atoms. The molecule has 0 bridgehead atoms. The molecular weight excluding hydrogens is 272 g/mol. The van der Waals surface area contributed by atoms with Crippen LogP contribution in [-0.2, 0) is 19.6 Å². The first-order valence-electron chi connectivity index (χ1n) is 5.10. The van der Waals surface area contributed by atoms with E-state index in [1.54, 1.807) is 0 Å². The minimum Gasteiger partial charge on any atom is -0.480 e. The van der Waals surface area contributed by atoms with Crippen molar-refractivity contribution in [1.29, 1.82) is 0 Å². The highest BCUT2D eigenvalue weighted by molar-refractivity contribution is 7.89. The van der Waals surface area contributed by atoms with E-state index in [1.807, 2.05) is 4.72 Å². The van der Waals surface area contributed by atoms with Crippen molar-refractivity contribution in [3.63, 3.8) is 0 Å². The molecule has 0 aliphatic rings. The molecule has 0 saturated carbocycles. The van der Waals surface area contributed by atoms with Gasteiger partial charge in [-0.1, -0.05) is 12.1 Å². The minimum absolute atomic E-state index is 0.0648. The molecule has 0 unspecified atom stereocenters. The molecule has 0 aliphatic heterocycles. The summed E-state index contributed by atoms with van der Waals surface area (Å²) >= 11 is 0. The van der Waals surface area contributed by atoms with Crippen molar-refractivity contribution in [2.75, 3.05) is 6.54 Å². The number of hydrogen-bond donors (Lipinski definition) is 3. The number of rotatable bonds is 6. The zero-order valence-electron chi connectivity index (χ0n) is 9.74. The molecule has 0 aromatic heterocycles. The Kier molecular flexibility index (Phi) is 4.79. The number of primary amides is 1. The van der Waals surface area contributed by atoms with Gasteiger partial charge in [0.1, 0.15) is 6.54 Å². The predicted molar refractivity (Wildman–Crippen MR) is 67.5 cm³/mol. The number of hydrogen-bond acceptors (Lipinski definition) is 4. The first kappa shape index (κ1) is 14.9. The van der Waals surface area contributed by atoms with Gasteiger partial charge in [-0.05, 0) is 23.8 Å². The van der Waals surface area contributed by atoms with E-state index in [0.29, 0.717) is 5.56 Å². The second-order valence-corrected chi connectivity index (χ2v) is 5.29. The Balaban J connectivity index is 2.86. The van der Waals surface area contributed by atoms with E-state index in [4.69, 9.17) is 10.8 Å². The van der Waals surface area contributed by atoms with Crippen molar-refractivity contribution in [2.24, 2.45) is 5.73 Å². The zero-order chi connectivity index (χ0) is 14.5. The number of aliphatic carboxylic acids is 1. The Morgan fingerprint density at radius 1 is 1.26 bits per heavy atom. The van der Waals surface area contributed by atoms with Crippen molar-refractivity contribution in [1.82, 2.24) is 4.72 Å². The summed E-state index contributed by atoms with van der Waals surface area (Å²) in [7, 11) is -3.85. The van der Waals surface area contributed by atoms with Crippen molar-refractivity contribution < 1.29 is 23.1 Å². The van der Waals surface area contributed by atoms with Gasteiger partial charge in [-0.3, -0.25) is 9.59 Å². The Hall–Kier alpha value is -2.19. The number of nitrogens with one attached hydrogen (secondary N) is 1. The quantitative estimate of drug-likeness (QED) is 0.610. The molecule has 0 fully saturated rings. The molecule has 1 amide bonds. The van der Waals surface area contributed by atoms with Crippen molar-refractivity contribution in [3.8, 4) is 0 Å². The number of carbonyl (C=O) groups is 2. The van der Waals surface area contributed by atoms with Gasteiger partial charge in [0.05, 0.1) is 4.90 Å². The van der Waals surface area contributed by atoms with E-state index in [9.17, 15) is 18.0 Å². The van der Waals surface area contributed by atoms with Gasteiger partial charge in [-0.2, -0.15) is 4.72 Å². The Morgan fingerprint density at radius 3 is 2.32 bits per heavy atom. The van der Waals surface area contributed by atoms with Crippen LogP contribution in [0.2, 0.25) is 0 Å². The van der Waals surface area contributed by atoms with Crippen LogP contribution < -0.4 is 10.5 Å². The monoisotopic (exact) mass is 284 g/mol. The fraction of sp³-hybridized carbons (Fsp3) is 0.0909. The zero-order valence-corrected chi connectivity index (χ0v) is 10.6. The Bertz CT molecular complexity index is 604. The molecule has 1 rings (SSSR count). The normalized spacial score (nSPS) is 11.6. The summed E-state index contributed by atoms with van der Waals surface area (Å²) in [4.78, 5) is 20.8. The van der Waals surface area contributed by atoms with Gasteiger partial charge in [-0.15, -0.1) is 0 Å². The lowest BCUT2D eigenvalue weighted by molar-refractivity contribution is -0.135. The van der Waals surface area contributed by atoms with E-state index in [0.717, 1.165) is 6.08 Å². The Morgan fingerprint density at radius 2 is 1.84 bits per heavy atom. The molecule has 7 nitrogen and oxygen atoms in total. The SMILES string of the molecule is NC(=O)C=Cc1ccc(S(=O)(=O)NCC(=O)O)cc1. The molecular formula is C11H12N2O5S. The largest absolute Gasteiger partial charge is 0.480 e. The van der Waals surface area contributed by atoms with Gasteiger partial charge in [0, 0.05) is 6.08 Å². The molecule has 8 heteroatoms. The lowest BCUT2D eigenvalue weighted by Crippen LogP contribution is -2.29. The lowest BCUT2D eigenvalue weighted by Gasteiger charge is -2.04. The smallest absolute Gasteiger partial charge is 0.318 e. The fourth-order valence-electron chi connectivity index (χ4n) is 1.18. The van der Waals surface area contributed by atoms with Crippen LogP contribution in [0.1, 0.15) is 5.56 Å². The first-order valence-corrected chi connectivity index (χ1v) is 6.58. The number of carboxylic acid groups (broad SMARTS) is 1. The first-order chi connectivity index (χ1) is 8.81. The molecule has 0 radical (unpaired) electrons. The van der Waals surface area contributed by atoms with Gasteiger partial charge in [0.25, 0.3) is 0 Å². The third-order valence-electron chi connectivity index (χ3n) is 2.04. The van der Waals surface area contributed by atoms with Crippen LogP contribution in [0, 0.1) is 0 Å².